The van der Waals surface area contributed by atoms with Gasteiger partial charge in [0.1, 0.15) is 4.88 Å². The van der Waals surface area contributed by atoms with Gasteiger partial charge in [0.05, 0.1) is 5.69 Å². The van der Waals surface area contributed by atoms with E-state index in [1.54, 1.807) is 16.3 Å². The Kier molecular flexibility index (Phi) is 5.34. The summed E-state index contributed by atoms with van der Waals surface area (Å²) in [6, 6.07) is 1.41. The lowest BCUT2D eigenvalue weighted by molar-refractivity contribution is 0.0788. The molecule has 1 aliphatic rings. The summed E-state index contributed by atoms with van der Waals surface area (Å²) in [5, 5.41) is 1.78. The lowest BCUT2D eigenvalue weighted by Gasteiger charge is -2.24. The molecule has 0 unspecified atom stereocenters. The van der Waals surface area contributed by atoms with Crippen molar-refractivity contribution in [2.75, 3.05) is 32.9 Å². The third-order valence-corrected chi connectivity index (χ3v) is 6.66. The number of amides is 1. The first-order valence-corrected chi connectivity index (χ1v) is 9.77. The van der Waals surface area contributed by atoms with Crippen LogP contribution in [0.15, 0.2) is 11.4 Å². The van der Waals surface area contributed by atoms with E-state index in [0.717, 1.165) is 4.31 Å². The summed E-state index contributed by atoms with van der Waals surface area (Å²) in [4.78, 5) is 14.8. The van der Waals surface area contributed by atoms with Gasteiger partial charge in [-0.2, -0.15) is 17.4 Å². The first-order chi connectivity index (χ1) is 10.6. The van der Waals surface area contributed by atoms with Gasteiger partial charge < -0.3 is 10.6 Å². The van der Waals surface area contributed by atoms with Gasteiger partial charge in [0.25, 0.3) is 16.1 Å². The Morgan fingerprint density at radius 1 is 1.43 bits per heavy atom. The number of rotatable bonds is 5. The van der Waals surface area contributed by atoms with Gasteiger partial charge >= 0.3 is 0 Å². The number of hydrogen-bond donors (Lipinski definition) is 2. The highest BCUT2D eigenvalue weighted by molar-refractivity contribution is 7.87. The van der Waals surface area contributed by atoms with Crippen LogP contribution in [-0.4, -0.2) is 56.8 Å². The zero-order valence-corrected chi connectivity index (χ0v) is 15.4. The van der Waals surface area contributed by atoms with Gasteiger partial charge in [-0.3, -0.25) is 4.79 Å². The molecule has 1 saturated heterocycles. The molecule has 1 aliphatic heterocycles. The molecular weight excluding hydrogens is 336 g/mol. The monoisotopic (exact) mass is 360 g/mol. The second-order valence-electron chi connectivity index (χ2n) is 6.33. The van der Waals surface area contributed by atoms with Crippen molar-refractivity contribution in [2.45, 2.75) is 19.9 Å². The molecule has 1 amide bonds. The van der Waals surface area contributed by atoms with E-state index < -0.39 is 10.2 Å². The van der Waals surface area contributed by atoms with Crippen LogP contribution in [0.5, 0.6) is 0 Å². The van der Waals surface area contributed by atoms with Gasteiger partial charge in [0.2, 0.25) is 0 Å². The fourth-order valence-electron chi connectivity index (χ4n) is 2.73. The molecule has 0 bridgehead atoms. The number of carbonyl (C=O) groups is 1. The zero-order chi connectivity index (χ0) is 17.4. The Hall–Kier alpha value is -1.16. The van der Waals surface area contributed by atoms with Crippen molar-refractivity contribution in [3.63, 3.8) is 0 Å². The van der Waals surface area contributed by atoms with Gasteiger partial charge in [0.15, 0.2) is 0 Å². The Labute approximate surface area is 141 Å². The Bertz CT molecular complexity index is 669. The van der Waals surface area contributed by atoms with Crippen molar-refractivity contribution >= 4 is 33.1 Å². The number of nitrogen functional groups attached to an aromatic ring is 1. The number of nitrogens with zero attached hydrogens (tertiary/aromatic N) is 2. The largest absolute Gasteiger partial charge is 0.397 e. The standard InChI is InChI=1S/C14H24N4O3S2/c1-9(2)10-7-18(14(19)13-11(15)5-6-22-13)8-12(10)16-23(20,21)17(3)4/h5-6,9-10,12,16H,7-8,15H2,1-4H3/t10-,12+/m0/s1. The molecule has 1 fully saturated rings. The van der Waals surface area contributed by atoms with E-state index in [9.17, 15) is 13.2 Å². The molecule has 0 aromatic carbocycles. The van der Waals surface area contributed by atoms with E-state index in [-0.39, 0.29) is 23.8 Å². The van der Waals surface area contributed by atoms with Gasteiger partial charge in [-0.1, -0.05) is 13.8 Å². The number of thiophene rings is 1. The van der Waals surface area contributed by atoms with Crippen molar-refractivity contribution in [3.05, 3.63) is 16.3 Å². The van der Waals surface area contributed by atoms with Crippen LogP contribution in [0.25, 0.3) is 0 Å². The number of carbonyl (C=O) groups excluding carboxylic acids is 1. The summed E-state index contributed by atoms with van der Waals surface area (Å²) in [6.07, 6.45) is 0. The Balaban J connectivity index is 2.18. The lowest BCUT2D eigenvalue weighted by atomic mass is 9.92. The molecule has 130 valence electrons. The third kappa shape index (κ3) is 3.85. The number of anilines is 1. The molecule has 1 aromatic heterocycles. The summed E-state index contributed by atoms with van der Waals surface area (Å²) >= 11 is 1.31. The summed E-state index contributed by atoms with van der Waals surface area (Å²) < 4.78 is 28.1. The molecule has 3 N–H and O–H groups in total. The zero-order valence-electron chi connectivity index (χ0n) is 13.8. The summed E-state index contributed by atoms with van der Waals surface area (Å²) in [5.74, 6) is 0.188. The second-order valence-corrected chi connectivity index (χ2v) is 9.17. The summed E-state index contributed by atoms with van der Waals surface area (Å²) in [5.41, 5.74) is 6.30. The van der Waals surface area contributed by atoms with E-state index in [2.05, 4.69) is 4.72 Å². The second kappa shape index (κ2) is 6.76. The van der Waals surface area contributed by atoms with Crippen LogP contribution in [0.4, 0.5) is 5.69 Å². The van der Waals surface area contributed by atoms with E-state index in [1.165, 1.54) is 25.4 Å². The van der Waals surface area contributed by atoms with Crippen LogP contribution in [-0.2, 0) is 10.2 Å². The molecule has 0 radical (unpaired) electrons. The van der Waals surface area contributed by atoms with Gasteiger partial charge in [-0.25, -0.2) is 0 Å². The SMILES string of the molecule is CC(C)[C@@H]1CN(C(=O)c2sccc2N)C[C@H]1NS(=O)(=O)N(C)C. The number of hydrogen-bond acceptors (Lipinski definition) is 5. The maximum Gasteiger partial charge on any atom is 0.279 e. The fourth-order valence-corrected chi connectivity index (χ4v) is 4.36. The number of nitrogens with one attached hydrogen (secondary N) is 1. The average Bonchev–Trinajstić information content (AvgIpc) is 3.04. The molecule has 0 saturated carbocycles. The Morgan fingerprint density at radius 2 is 2.09 bits per heavy atom. The van der Waals surface area contributed by atoms with Crippen molar-refractivity contribution in [3.8, 4) is 0 Å². The molecular formula is C14H24N4O3S2. The highest BCUT2D eigenvalue weighted by atomic mass is 32.2. The molecule has 7 nitrogen and oxygen atoms in total. The van der Waals surface area contributed by atoms with Crippen LogP contribution >= 0.6 is 11.3 Å². The van der Waals surface area contributed by atoms with Crippen molar-refractivity contribution in [2.24, 2.45) is 11.8 Å². The summed E-state index contributed by atoms with van der Waals surface area (Å²) in [7, 11) is -0.570. The molecule has 2 atom stereocenters. The van der Waals surface area contributed by atoms with Crippen LogP contribution in [0.3, 0.4) is 0 Å². The van der Waals surface area contributed by atoms with Crippen LogP contribution in [0.1, 0.15) is 23.5 Å². The van der Waals surface area contributed by atoms with E-state index >= 15 is 0 Å². The van der Waals surface area contributed by atoms with Gasteiger partial charge in [-0.05, 0) is 23.3 Å². The molecule has 2 heterocycles. The minimum Gasteiger partial charge on any atom is -0.397 e. The maximum atomic E-state index is 12.6. The third-order valence-electron chi connectivity index (χ3n) is 4.18. The molecule has 2 rings (SSSR count). The van der Waals surface area contributed by atoms with E-state index in [0.29, 0.717) is 23.7 Å². The predicted octanol–water partition coefficient (Wildman–Crippen LogP) is 0.823. The number of likely N-dealkylation sites (tertiary alicyclic amines) is 1. The number of nitrogens with two attached hydrogens (primary N) is 1. The van der Waals surface area contributed by atoms with Crippen molar-refractivity contribution in [1.82, 2.24) is 13.9 Å². The smallest absolute Gasteiger partial charge is 0.279 e. The van der Waals surface area contributed by atoms with E-state index in [4.69, 9.17) is 5.73 Å². The molecule has 1 aromatic rings. The van der Waals surface area contributed by atoms with Crippen LogP contribution in [0.2, 0.25) is 0 Å². The first kappa shape index (κ1) is 18.2. The van der Waals surface area contributed by atoms with Gasteiger partial charge in [-0.15, -0.1) is 11.3 Å². The highest BCUT2D eigenvalue weighted by Crippen LogP contribution is 2.29. The minimum absolute atomic E-state index is 0.0647. The van der Waals surface area contributed by atoms with Crippen molar-refractivity contribution < 1.29 is 13.2 Å². The Morgan fingerprint density at radius 3 is 2.57 bits per heavy atom. The normalized spacial score (nSPS) is 22.3. The maximum absolute atomic E-state index is 12.6. The quantitative estimate of drug-likeness (QED) is 0.813. The fraction of sp³-hybridized carbons (Fsp3) is 0.643. The molecule has 23 heavy (non-hydrogen) atoms. The first-order valence-electron chi connectivity index (χ1n) is 7.45. The molecule has 0 aliphatic carbocycles. The molecule has 0 spiro atoms. The van der Waals surface area contributed by atoms with Gasteiger partial charge in [0, 0.05) is 33.2 Å². The lowest BCUT2D eigenvalue weighted by Crippen LogP contribution is -2.46. The minimum atomic E-state index is -3.54. The topological polar surface area (TPSA) is 95.7 Å². The highest BCUT2D eigenvalue weighted by Gasteiger charge is 2.40. The molecule has 9 heteroatoms. The average molecular weight is 361 g/mol. The summed E-state index contributed by atoms with van der Waals surface area (Å²) in [6.45, 7) is 4.95. The van der Waals surface area contributed by atoms with Crippen LogP contribution < -0.4 is 10.5 Å². The van der Waals surface area contributed by atoms with Crippen molar-refractivity contribution in [1.29, 1.82) is 0 Å². The van der Waals surface area contributed by atoms with E-state index in [1.807, 2.05) is 13.8 Å². The predicted molar refractivity (Wildman–Crippen MR) is 92.5 cm³/mol. The van der Waals surface area contributed by atoms with Crippen LogP contribution in [0, 0.1) is 11.8 Å².